The molecule has 1 aromatic carbocycles. The van der Waals surface area contributed by atoms with Gasteiger partial charge in [0, 0.05) is 24.5 Å². The first-order chi connectivity index (χ1) is 20.0. The number of aryl methyl sites for hydroxylation is 1. The van der Waals surface area contributed by atoms with Crippen LogP contribution in [0.2, 0.25) is 0 Å². The van der Waals surface area contributed by atoms with Crippen LogP contribution in [-0.2, 0) is 19.6 Å². The summed E-state index contributed by atoms with van der Waals surface area (Å²) in [5, 5.41) is 20.0. The van der Waals surface area contributed by atoms with E-state index in [4.69, 9.17) is 14.7 Å². The van der Waals surface area contributed by atoms with Crippen LogP contribution in [0.5, 0.6) is 5.88 Å². The number of benzene rings is 1. The fourth-order valence-electron chi connectivity index (χ4n) is 5.26. The highest BCUT2D eigenvalue weighted by Gasteiger charge is 2.26. The number of imidazole rings is 1. The smallest absolute Gasteiger partial charge is 0.354 e. The predicted molar refractivity (Wildman–Crippen MR) is 168 cm³/mol. The minimum absolute atomic E-state index is 0.0379. The number of pyridine rings is 1. The van der Waals surface area contributed by atoms with Crippen molar-refractivity contribution in [3.63, 3.8) is 0 Å². The minimum atomic E-state index is -1.09. The Labute approximate surface area is 248 Å². The Kier molecular flexibility index (Phi) is 8.42. The van der Waals surface area contributed by atoms with Crippen LogP contribution in [0.4, 0.5) is 0 Å². The summed E-state index contributed by atoms with van der Waals surface area (Å²) in [5.41, 5.74) is 5.07. The summed E-state index contributed by atoms with van der Waals surface area (Å²) in [6.45, 7) is 6.62. The lowest BCUT2D eigenvalue weighted by Gasteiger charge is -2.23. The maximum Gasteiger partial charge on any atom is 0.354 e. The predicted octanol–water partition coefficient (Wildman–Crippen LogP) is 3.54. The number of hydrogen-bond donors (Lipinski definition) is 1. The molecule has 11 heteroatoms. The van der Waals surface area contributed by atoms with Gasteiger partial charge in [0.15, 0.2) is 17.2 Å². The molecule has 1 N–H and O–H groups in total. The fourth-order valence-corrected chi connectivity index (χ4v) is 5.48. The van der Waals surface area contributed by atoms with E-state index in [0.717, 1.165) is 41.5 Å². The molecule has 1 aliphatic rings. The SMILES string of the molecule is Bc1cc(C)ccc1COc1nc(C2=CCC(Cc3nc4ccc(C(=O)O)nc4n3CC(C)(C)C#N)CC2)ncc1P. The molecule has 5 rings (SSSR count). The average molecular weight is 580 g/mol. The molecule has 0 bridgehead atoms. The first kappa shape index (κ1) is 29.4. The van der Waals surface area contributed by atoms with E-state index in [2.05, 4.69) is 64.3 Å². The number of carboxylic acids is 1. The maximum atomic E-state index is 11.6. The van der Waals surface area contributed by atoms with Gasteiger partial charge in [-0.05, 0) is 69.2 Å². The number of rotatable bonds is 9. The molecule has 3 aromatic heterocycles. The van der Waals surface area contributed by atoms with E-state index < -0.39 is 11.4 Å². The third-order valence-corrected chi connectivity index (χ3v) is 8.06. The standard InChI is InChI=1S/C31H34BN6O3P/c1-18-4-7-21(22(32)12-18)15-41-29-25(42)14-34-27(37-29)20-8-5-19(6-9-20)13-26-35-23-10-11-24(30(39)40)36-28(23)38(26)17-31(2,3)16-33/h4,7-8,10-12,14,19H,5-6,9,13,15,17,32,42H2,1-3H3,(H,39,40). The molecule has 0 fully saturated rings. The molecule has 2 unspecified atom stereocenters. The van der Waals surface area contributed by atoms with Crippen molar-refractivity contribution in [2.45, 2.75) is 59.6 Å². The van der Waals surface area contributed by atoms with Gasteiger partial charge in [0.25, 0.3) is 0 Å². The molecule has 9 nitrogen and oxygen atoms in total. The Bertz CT molecular complexity index is 1740. The molecule has 0 radical (unpaired) electrons. The lowest BCUT2D eigenvalue weighted by molar-refractivity contribution is 0.0691. The Morgan fingerprint density at radius 3 is 2.76 bits per heavy atom. The molecule has 0 spiro atoms. The first-order valence-corrected chi connectivity index (χ1v) is 14.6. The number of hydrogen-bond acceptors (Lipinski definition) is 7. The van der Waals surface area contributed by atoms with Gasteiger partial charge in [-0.3, -0.25) is 0 Å². The molecule has 214 valence electrons. The molecule has 42 heavy (non-hydrogen) atoms. The third-order valence-electron chi connectivity index (χ3n) is 7.67. The van der Waals surface area contributed by atoms with Crippen molar-refractivity contribution < 1.29 is 14.6 Å². The summed E-state index contributed by atoms with van der Waals surface area (Å²) in [7, 11) is 4.74. The van der Waals surface area contributed by atoms with E-state index >= 15 is 0 Å². The zero-order valence-corrected chi connectivity index (χ0v) is 25.5. The monoisotopic (exact) mass is 580 g/mol. The van der Waals surface area contributed by atoms with Gasteiger partial charge in [-0.15, -0.1) is 0 Å². The normalized spacial score (nSPS) is 15.3. The summed E-state index contributed by atoms with van der Waals surface area (Å²) in [6.07, 6.45) is 7.26. The van der Waals surface area contributed by atoms with Crippen LogP contribution < -0.4 is 15.5 Å². The molecule has 0 aliphatic heterocycles. The van der Waals surface area contributed by atoms with Crippen LogP contribution in [0.1, 0.15) is 66.4 Å². The van der Waals surface area contributed by atoms with Crippen molar-refractivity contribution in [3.8, 4) is 11.9 Å². The summed E-state index contributed by atoms with van der Waals surface area (Å²) in [6, 6.07) is 11.8. The number of carbonyl (C=O) groups is 1. The topological polar surface area (TPSA) is 127 Å². The van der Waals surface area contributed by atoms with Crippen molar-refractivity contribution in [2.24, 2.45) is 11.3 Å². The van der Waals surface area contributed by atoms with E-state index in [1.807, 2.05) is 18.4 Å². The van der Waals surface area contributed by atoms with E-state index in [0.29, 0.717) is 48.4 Å². The second kappa shape index (κ2) is 12.0. The van der Waals surface area contributed by atoms with E-state index in [-0.39, 0.29) is 5.69 Å². The highest BCUT2D eigenvalue weighted by atomic mass is 31.0. The minimum Gasteiger partial charge on any atom is -0.477 e. The molecule has 4 aromatic rings. The molecule has 0 saturated carbocycles. The number of allylic oxidation sites excluding steroid dienone is 2. The lowest BCUT2D eigenvalue weighted by atomic mass is 9.86. The first-order valence-electron chi connectivity index (χ1n) is 14.0. The maximum absolute atomic E-state index is 11.6. The third kappa shape index (κ3) is 6.52. The number of aromatic carboxylic acids is 1. The molecular formula is C31H34BN6O3P. The number of aromatic nitrogens is 5. The van der Waals surface area contributed by atoms with Crippen LogP contribution in [0.3, 0.4) is 0 Å². The quantitative estimate of drug-likeness (QED) is 0.235. The number of nitrogens with zero attached hydrogens (tertiary/aromatic N) is 6. The van der Waals surface area contributed by atoms with Crippen molar-refractivity contribution in [2.75, 3.05) is 0 Å². The lowest BCUT2D eigenvalue weighted by Crippen LogP contribution is -2.21. The second-order valence-electron chi connectivity index (χ2n) is 11.7. The Balaban J connectivity index is 1.33. The average Bonchev–Trinajstić information content (AvgIpc) is 3.29. The van der Waals surface area contributed by atoms with Crippen molar-refractivity contribution in [3.05, 3.63) is 71.1 Å². The van der Waals surface area contributed by atoms with Gasteiger partial charge in [-0.1, -0.05) is 44.5 Å². The van der Waals surface area contributed by atoms with Crippen LogP contribution in [0, 0.1) is 29.6 Å². The Morgan fingerprint density at radius 1 is 1.26 bits per heavy atom. The molecular weight excluding hydrogens is 546 g/mol. The number of nitriles is 1. The zero-order valence-electron chi connectivity index (χ0n) is 24.4. The van der Waals surface area contributed by atoms with Gasteiger partial charge in [-0.25, -0.2) is 19.7 Å². The molecule has 0 saturated heterocycles. The van der Waals surface area contributed by atoms with Gasteiger partial charge >= 0.3 is 5.97 Å². The molecule has 0 amide bonds. The largest absolute Gasteiger partial charge is 0.477 e. The van der Waals surface area contributed by atoms with Crippen molar-refractivity contribution in [1.82, 2.24) is 24.5 Å². The number of carboxylic acid groups (broad SMARTS) is 1. The number of ether oxygens (including phenoxy) is 1. The summed E-state index contributed by atoms with van der Waals surface area (Å²) >= 11 is 0. The van der Waals surface area contributed by atoms with Crippen LogP contribution in [-0.4, -0.2) is 43.4 Å². The van der Waals surface area contributed by atoms with Crippen LogP contribution >= 0.6 is 9.24 Å². The van der Waals surface area contributed by atoms with Crippen LogP contribution in [0.15, 0.2) is 42.6 Å². The van der Waals surface area contributed by atoms with Gasteiger partial charge in [0.2, 0.25) is 5.88 Å². The molecule has 1 aliphatic carbocycles. The molecule has 3 heterocycles. The molecule has 2 atom stereocenters. The van der Waals surface area contributed by atoms with E-state index in [1.165, 1.54) is 17.1 Å². The van der Waals surface area contributed by atoms with Crippen molar-refractivity contribution >= 4 is 50.6 Å². The summed E-state index contributed by atoms with van der Waals surface area (Å²) in [4.78, 5) is 30.1. The van der Waals surface area contributed by atoms with Gasteiger partial charge in [0.1, 0.15) is 25.8 Å². The van der Waals surface area contributed by atoms with Gasteiger partial charge in [-0.2, -0.15) is 10.2 Å². The van der Waals surface area contributed by atoms with E-state index in [9.17, 15) is 15.2 Å². The Morgan fingerprint density at radius 2 is 2.07 bits per heavy atom. The van der Waals surface area contributed by atoms with Gasteiger partial charge in [0.05, 0.1) is 11.5 Å². The summed E-state index contributed by atoms with van der Waals surface area (Å²) < 4.78 is 8.03. The highest BCUT2D eigenvalue weighted by Crippen LogP contribution is 2.32. The van der Waals surface area contributed by atoms with Gasteiger partial charge < -0.3 is 14.4 Å². The highest BCUT2D eigenvalue weighted by molar-refractivity contribution is 7.27. The second-order valence-corrected chi connectivity index (χ2v) is 12.3. The van der Waals surface area contributed by atoms with Crippen molar-refractivity contribution in [1.29, 1.82) is 5.26 Å². The fraction of sp³-hybridized carbons (Fsp3) is 0.355. The summed E-state index contributed by atoms with van der Waals surface area (Å²) in [5.74, 6) is 1.30. The van der Waals surface area contributed by atoms with Crippen LogP contribution in [0.25, 0.3) is 16.7 Å². The van der Waals surface area contributed by atoms with E-state index in [1.54, 1.807) is 12.3 Å². The Hall–Kier alpha value is -4.09. The zero-order chi connectivity index (χ0) is 30.0. The number of fused-ring (bicyclic) bond motifs is 1.